The Labute approximate surface area is 136 Å². The Bertz CT molecular complexity index is 416. The first-order chi connectivity index (χ1) is 10.1. The lowest BCUT2D eigenvalue weighted by Gasteiger charge is -2.27. The minimum absolute atomic E-state index is 0.201. The molecule has 0 unspecified atom stereocenters. The van der Waals surface area contributed by atoms with Crippen molar-refractivity contribution in [1.82, 2.24) is 10.6 Å². The number of hydrogen-bond donors (Lipinski definition) is 3. The molecular formula is C15H28N2O6. The van der Waals surface area contributed by atoms with Gasteiger partial charge in [-0.05, 0) is 48.5 Å². The molecule has 0 aliphatic carbocycles. The van der Waals surface area contributed by atoms with Crippen molar-refractivity contribution in [2.24, 2.45) is 5.41 Å². The Morgan fingerprint density at radius 1 is 0.783 bits per heavy atom. The van der Waals surface area contributed by atoms with Crippen LogP contribution in [0.4, 0.5) is 9.59 Å². The SMILES string of the molecule is CC(C)(C)OC(=O)NCC(C)(CNC(=O)OC(C)(C)C)C(=O)O. The quantitative estimate of drug-likeness (QED) is 0.710. The molecule has 0 fully saturated rings. The van der Waals surface area contributed by atoms with Gasteiger partial charge in [0.15, 0.2) is 0 Å². The first-order valence-electron chi connectivity index (χ1n) is 7.32. The normalized spacial score (nSPS) is 12.3. The lowest BCUT2D eigenvalue weighted by atomic mass is 9.91. The smallest absolute Gasteiger partial charge is 0.407 e. The van der Waals surface area contributed by atoms with E-state index in [0.29, 0.717) is 0 Å². The molecule has 0 saturated heterocycles. The molecule has 3 N–H and O–H groups in total. The highest BCUT2D eigenvalue weighted by Gasteiger charge is 2.35. The van der Waals surface area contributed by atoms with Crippen LogP contribution in [-0.2, 0) is 14.3 Å². The van der Waals surface area contributed by atoms with Gasteiger partial charge >= 0.3 is 18.2 Å². The number of hydrogen-bond acceptors (Lipinski definition) is 5. The summed E-state index contributed by atoms with van der Waals surface area (Å²) in [7, 11) is 0. The number of amides is 2. The second kappa shape index (κ2) is 7.52. The van der Waals surface area contributed by atoms with Gasteiger partial charge in [0.25, 0.3) is 0 Å². The zero-order valence-electron chi connectivity index (χ0n) is 14.9. The molecule has 0 aliphatic heterocycles. The molecule has 0 spiro atoms. The highest BCUT2D eigenvalue weighted by Crippen LogP contribution is 2.16. The molecule has 8 heteroatoms. The third kappa shape index (κ3) is 9.59. The average molecular weight is 332 g/mol. The van der Waals surface area contributed by atoms with Gasteiger partial charge in [0.1, 0.15) is 11.2 Å². The summed E-state index contributed by atoms with van der Waals surface area (Å²) in [6.45, 7) is 11.2. The summed E-state index contributed by atoms with van der Waals surface area (Å²) in [6.07, 6.45) is -1.44. The van der Waals surface area contributed by atoms with Crippen LogP contribution in [0.1, 0.15) is 48.5 Å². The van der Waals surface area contributed by atoms with E-state index in [9.17, 15) is 19.5 Å². The van der Waals surface area contributed by atoms with Crippen LogP contribution in [0, 0.1) is 5.41 Å². The van der Waals surface area contributed by atoms with E-state index in [1.165, 1.54) is 6.92 Å². The minimum atomic E-state index is -1.40. The van der Waals surface area contributed by atoms with Gasteiger partial charge in [0.2, 0.25) is 0 Å². The molecule has 0 heterocycles. The van der Waals surface area contributed by atoms with Gasteiger partial charge in [0, 0.05) is 13.1 Å². The van der Waals surface area contributed by atoms with Crippen LogP contribution in [0.2, 0.25) is 0 Å². The van der Waals surface area contributed by atoms with Crippen LogP contribution in [0.3, 0.4) is 0 Å². The van der Waals surface area contributed by atoms with Crippen molar-refractivity contribution in [3.63, 3.8) is 0 Å². The fraction of sp³-hybridized carbons (Fsp3) is 0.800. The number of ether oxygens (including phenoxy) is 2. The Kier molecular flexibility index (Phi) is 6.87. The van der Waals surface area contributed by atoms with Crippen molar-refractivity contribution in [1.29, 1.82) is 0 Å². The molecular weight excluding hydrogens is 304 g/mol. The largest absolute Gasteiger partial charge is 0.481 e. The number of rotatable bonds is 5. The van der Waals surface area contributed by atoms with Crippen molar-refractivity contribution >= 4 is 18.2 Å². The van der Waals surface area contributed by atoms with Gasteiger partial charge in [-0.15, -0.1) is 0 Å². The minimum Gasteiger partial charge on any atom is -0.481 e. The zero-order valence-corrected chi connectivity index (χ0v) is 14.9. The molecule has 0 rings (SSSR count). The second-order valence-corrected chi connectivity index (χ2v) is 7.58. The molecule has 23 heavy (non-hydrogen) atoms. The molecule has 0 saturated carbocycles. The molecule has 0 aromatic rings. The highest BCUT2D eigenvalue weighted by molar-refractivity contribution is 5.77. The predicted molar refractivity (Wildman–Crippen MR) is 84.2 cm³/mol. The van der Waals surface area contributed by atoms with Crippen molar-refractivity contribution in [3.8, 4) is 0 Å². The van der Waals surface area contributed by atoms with E-state index in [1.807, 2.05) is 0 Å². The molecule has 0 atom stereocenters. The van der Waals surface area contributed by atoms with Gasteiger partial charge in [-0.3, -0.25) is 4.79 Å². The van der Waals surface area contributed by atoms with Crippen LogP contribution < -0.4 is 10.6 Å². The number of carbonyl (C=O) groups excluding carboxylic acids is 2. The maximum absolute atomic E-state index is 11.6. The predicted octanol–water partition coefficient (Wildman–Crippen LogP) is 2.13. The van der Waals surface area contributed by atoms with Gasteiger partial charge < -0.3 is 25.2 Å². The molecule has 134 valence electrons. The molecule has 0 bridgehead atoms. The highest BCUT2D eigenvalue weighted by atomic mass is 16.6. The topological polar surface area (TPSA) is 114 Å². The third-order valence-electron chi connectivity index (χ3n) is 2.56. The molecule has 0 aliphatic rings. The van der Waals surface area contributed by atoms with E-state index in [1.54, 1.807) is 41.5 Å². The van der Waals surface area contributed by atoms with Crippen LogP contribution >= 0.6 is 0 Å². The van der Waals surface area contributed by atoms with E-state index in [4.69, 9.17) is 9.47 Å². The van der Waals surface area contributed by atoms with E-state index < -0.39 is 34.8 Å². The van der Waals surface area contributed by atoms with Gasteiger partial charge in [-0.2, -0.15) is 0 Å². The number of carboxylic acids is 1. The summed E-state index contributed by atoms with van der Waals surface area (Å²) in [5, 5.41) is 14.1. The molecule has 8 nitrogen and oxygen atoms in total. The molecule has 0 aromatic carbocycles. The number of carbonyl (C=O) groups is 3. The van der Waals surface area contributed by atoms with Gasteiger partial charge in [0.05, 0.1) is 5.41 Å². The van der Waals surface area contributed by atoms with Crippen LogP contribution in [0.15, 0.2) is 0 Å². The van der Waals surface area contributed by atoms with E-state index in [2.05, 4.69) is 10.6 Å². The molecule has 0 aromatic heterocycles. The standard InChI is InChI=1S/C15H28N2O6/c1-13(2,3)22-11(20)16-8-15(7,10(18)19)9-17-12(21)23-14(4,5)6/h8-9H2,1-7H3,(H,16,20)(H,17,21)(H,18,19). The fourth-order valence-corrected chi connectivity index (χ4v) is 1.38. The zero-order chi connectivity index (χ0) is 18.5. The van der Waals surface area contributed by atoms with Gasteiger partial charge in [-0.1, -0.05) is 0 Å². The first-order valence-corrected chi connectivity index (χ1v) is 7.32. The Hall–Kier alpha value is -1.99. The fourth-order valence-electron chi connectivity index (χ4n) is 1.38. The van der Waals surface area contributed by atoms with Crippen LogP contribution in [0.25, 0.3) is 0 Å². The lowest BCUT2D eigenvalue weighted by Crippen LogP contribution is -2.49. The van der Waals surface area contributed by atoms with E-state index in [0.717, 1.165) is 0 Å². The number of aliphatic carboxylic acids is 1. The summed E-state index contributed by atoms with van der Waals surface area (Å²) < 4.78 is 10.1. The first kappa shape index (κ1) is 21.0. The summed E-state index contributed by atoms with van der Waals surface area (Å²) >= 11 is 0. The van der Waals surface area contributed by atoms with Crippen LogP contribution in [0.5, 0.6) is 0 Å². The summed E-state index contributed by atoms with van der Waals surface area (Å²) in [4.78, 5) is 34.7. The number of nitrogens with one attached hydrogen (secondary N) is 2. The van der Waals surface area contributed by atoms with E-state index >= 15 is 0 Å². The third-order valence-corrected chi connectivity index (χ3v) is 2.56. The molecule has 2 amide bonds. The summed E-state index contributed by atoms with van der Waals surface area (Å²) in [5.41, 5.74) is -2.76. The average Bonchev–Trinajstić information content (AvgIpc) is 2.29. The lowest BCUT2D eigenvalue weighted by molar-refractivity contribution is -0.147. The van der Waals surface area contributed by atoms with Crippen molar-refractivity contribution in [3.05, 3.63) is 0 Å². The second-order valence-electron chi connectivity index (χ2n) is 7.58. The Morgan fingerprint density at radius 2 is 1.09 bits per heavy atom. The number of alkyl carbamates (subject to hydrolysis) is 2. The number of carboxylic acid groups (broad SMARTS) is 1. The van der Waals surface area contributed by atoms with Crippen LogP contribution in [-0.4, -0.2) is 47.6 Å². The maximum Gasteiger partial charge on any atom is 0.407 e. The van der Waals surface area contributed by atoms with Crippen molar-refractivity contribution in [2.75, 3.05) is 13.1 Å². The maximum atomic E-state index is 11.6. The van der Waals surface area contributed by atoms with Gasteiger partial charge in [-0.25, -0.2) is 9.59 Å². The summed E-state index contributed by atoms with van der Waals surface area (Å²) in [6, 6.07) is 0. The van der Waals surface area contributed by atoms with E-state index in [-0.39, 0.29) is 13.1 Å². The van der Waals surface area contributed by atoms with Crippen molar-refractivity contribution in [2.45, 2.75) is 59.7 Å². The summed E-state index contributed by atoms with van der Waals surface area (Å²) in [5.74, 6) is -1.16. The molecule has 0 radical (unpaired) electrons. The Balaban J connectivity index is 4.61. The Morgan fingerprint density at radius 3 is 1.30 bits per heavy atom. The van der Waals surface area contributed by atoms with Crippen molar-refractivity contribution < 1.29 is 29.0 Å². The monoisotopic (exact) mass is 332 g/mol.